The van der Waals surface area contributed by atoms with Crippen molar-refractivity contribution in [2.24, 2.45) is 0 Å². The van der Waals surface area contributed by atoms with Gasteiger partial charge in [-0.25, -0.2) is 9.97 Å². The van der Waals surface area contributed by atoms with E-state index in [9.17, 15) is 14.9 Å². The van der Waals surface area contributed by atoms with Gasteiger partial charge in [0.1, 0.15) is 12.1 Å². The number of carbonyl (C=O) groups is 1. The third-order valence-corrected chi connectivity index (χ3v) is 3.52. The van der Waals surface area contributed by atoms with Crippen LogP contribution in [0.15, 0.2) is 60.9 Å². The van der Waals surface area contributed by atoms with Crippen LogP contribution in [0.4, 0.5) is 22.9 Å². The topological polar surface area (TPSA) is 110 Å². The highest BCUT2D eigenvalue weighted by Crippen LogP contribution is 2.20. The summed E-state index contributed by atoms with van der Waals surface area (Å²) < 4.78 is 0. The van der Waals surface area contributed by atoms with Crippen molar-refractivity contribution in [3.05, 3.63) is 82.3 Å². The van der Waals surface area contributed by atoms with Crippen LogP contribution >= 0.6 is 0 Å². The van der Waals surface area contributed by atoms with Crippen LogP contribution in [-0.2, 0) is 0 Å². The molecule has 0 aliphatic carbocycles. The van der Waals surface area contributed by atoms with Crippen LogP contribution in [0.3, 0.4) is 0 Å². The number of nitrogens with zero attached hydrogens (tertiary/aromatic N) is 3. The number of non-ortho nitro benzene ring substituents is 1. The number of anilines is 3. The summed E-state index contributed by atoms with van der Waals surface area (Å²) in [5.74, 6) is 0.211. The molecule has 0 radical (unpaired) electrons. The lowest BCUT2D eigenvalue weighted by atomic mass is 10.2. The van der Waals surface area contributed by atoms with Gasteiger partial charge in [-0.2, -0.15) is 0 Å². The van der Waals surface area contributed by atoms with E-state index in [4.69, 9.17) is 0 Å². The van der Waals surface area contributed by atoms with Crippen molar-refractivity contribution < 1.29 is 9.72 Å². The van der Waals surface area contributed by atoms with E-state index in [0.29, 0.717) is 11.5 Å². The summed E-state index contributed by atoms with van der Waals surface area (Å²) in [5, 5.41) is 16.7. The monoisotopic (exact) mass is 349 g/mol. The van der Waals surface area contributed by atoms with E-state index in [1.54, 1.807) is 24.3 Å². The highest BCUT2D eigenvalue weighted by Gasteiger charge is 2.12. The molecule has 0 saturated heterocycles. The molecule has 8 nitrogen and oxygen atoms in total. The number of nitro benzene ring substituents is 1. The molecule has 0 atom stereocenters. The van der Waals surface area contributed by atoms with Gasteiger partial charge < -0.3 is 10.6 Å². The highest BCUT2D eigenvalue weighted by molar-refractivity contribution is 6.04. The summed E-state index contributed by atoms with van der Waals surface area (Å²) in [4.78, 5) is 30.8. The summed E-state index contributed by atoms with van der Waals surface area (Å²) in [6.45, 7) is 1.86. The number of hydrogen-bond donors (Lipinski definition) is 2. The molecular formula is C18H15N5O3. The first kappa shape index (κ1) is 17.0. The number of hydrogen-bond acceptors (Lipinski definition) is 6. The molecule has 1 heterocycles. The summed E-state index contributed by atoms with van der Waals surface area (Å²) >= 11 is 0. The van der Waals surface area contributed by atoms with Crippen molar-refractivity contribution in [1.29, 1.82) is 0 Å². The smallest absolute Gasteiger partial charge is 0.270 e. The molecule has 0 bridgehead atoms. The molecule has 0 aliphatic rings. The molecule has 2 N–H and O–H groups in total. The van der Waals surface area contributed by atoms with Gasteiger partial charge >= 0.3 is 0 Å². The first-order valence-corrected chi connectivity index (χ1v) is 7.73. The van der Waals surface area contributed by atoms with Gasteiger partial charge in [-0.3, -0.25) is 14.9 Å². The molecule has 130 valence electrons. The fraction of sp³-hybridized carbons (Fsp3) is 0.0556. The Hall–Kier alpha value is -3.81. The maximum atomic E-state index is 12.3. The van der Waals surface area contributed by atoms with E-state index in [1.165, 1.54) is 30.6 Å². The maximum Gasteiger partial charge on any atom is 0.270 e. The lowest BCUT2D eigenvalue weighted by Gasteiger charge is -2.09. The van der Waals surface area contributed by atoms with Gasteiger partial charge in [-0.05, 0) is 31.2 Å². The average molecular weight is 349 g/mol. The molecular weight excluding hydrogens is 334 g/mol. The Morgan fingerprint density at radius 1 is 1.04 bits per heavy atom. The number of nitrogens with one attached hydrogen (secondary N) is 2. The molecule has 0 unspecified atom stereocenters. The molecule has 1 aromatic heterocycles. The quantitative estimate of drug-likeness (QED) is 0.537. The Kier molecular flexibility index (Phi) is 4.84. The number of aryl methyl sites for hydroxylation is 1. The third-order valence-electron chi connectivity index (χ3n) is 3.52. The van der Waals surface area contributed by atoms with Crippen molar-refractivity contribution >= 4 is 28.8 Å². The Morgan fingerprint density at radius 3 is 2.58 bits per heavy atom. The van der Waals surface area contributed by atoms with Gasteiger partial charge in [-0.1, -0.05) is 12.1 Å². The Balaban J connectivity index is 1.75. The first-order chi connectivity index (χ1) is 12.5. The van der Waals surface area contributed by atoms with Crippen LogP contribution in [0.25, 0.3) is 0 Å². The van der Waals surface area contributed by atoms with Gasteiger partial charge in [0.25, 0.3) is 11.6 Å². The van der Waals surface area contributed by atoms with E-state index >= 15 is 0 Å². The second kappa shape index (κ2) is 7.39. The minimum atomic E-state index is -0.537. The van der Waals surface area contributed by atoms with Gasteiger partial charge in [0.2, 0.25) is 0 Å². The van der Waals surface area contributed by atoms with Crippen molar-refractivity contribution in [2.75, 3.05) is 10.6 Å². The minimum Gasteiger partial charge on any atom is -0.340 e. The largest absolute Gasteiger partial charge is 0.340 e. The first-order valence-electron chi connectivity index (χ1n) is 7.73. The molecule has 0 spiro atoms. The Bertz CT molecular complexity index is 974. The van der Waals surface area contributed by atoms with Crippen LogP contribution in [0.2, 0.25) is 0 Å². The fourth-order valence-electron chi connectivity index (χ4n) is 2.31. The summed E-state index contributed by atoms with van der Waals surface area (Å²) in [6, 6.07) is 14.5. The molecule has 2 aromatic carbocycles. The van der Waals surface area contributed by atoms with Crippen LogP contribution in [0, 0.1) is 17.0 Å². The molecule has 3 rings (SSSR count). The van der Waals surface area contributed by atoms with Crippen molar-refractivity contribution in [3.63, 3.8) is 0 Å². The van der Waals surface area contributed by atoms with Crippen molar-refractivity contribution in [3.8, 4) is 0 Å². The number of nitro groups is 1. The number of aromatic nitrogens is 2. The second-order valence-corrected chi connectivity index (χ2v) is 5.51. The SMILES string of the molecule is Cc1cc(Nc2cccc(NC(=O)c3cccc([N+](=O)[O-])c3)c2)ncn1. The van der Waals surface area contributed by atoms with E-state index < -0.39 is 10.8 Å². The minimum absolute atomic E-state index is 0.132. The van der Waals surface area contributed by atoms with E-state index in [-0.39, 0.29) is 11.3 Å². The zero-order valence-electron chi connectivity index (χ0n) is 13.8. The van der Waals surface area contributed by atoms with Crippen LogP contribution in [0.1, 0.15) is 16.1 Å². The highest BCUT2D eigenvalue weighted by atomic mass is 16.6. The maximum absolute atomic E-state index is 12.3. The molecule has 0 saturated carbocycles. The van der Waals surface area contributed by atoms with Gasteiger partial charge in [0.05, 0.1) is 4.92 Å². The summed E-state index contributed by atoms with van der Waals surface area (Å²) in [7, 11) is 0. The zero-order chi connectivity index (χ0) is 18.5. The van der Waals surface area contributed by atoms with Gasteiger partial charge in [0, 0.05) is 40.8 Å². The molecule has 3 aromatic rings. The van der Waals surface area contributed by atoms with Crippen LogP contribution in [0.5, 0.6) is 0 Å². The number of benzene rings is 2. The fourth-order valence-corrected chi connectivity index (χ4v) is 2.31. The Morgan fingerprint density at radius 2 is 1.81 bits per heavy atom. The summed E-state index contributed by atoms with van der Waals surface area (Å²) in [5.41, 5.74) is 2.20. The van der Waals surface area contributed by atoms with Crippen LogP contribution in [-0.4, -0.2) is 20.8 Å². The molecule has 8 heteroatoms. The third kappa shape index (κ3) is 4.18. The number of amides is 1. The predicted octanol–water partition coefficient (Wildman–Crippen LogP) is 3.69. The standard InChI is InChI=1S/C18H15N5O3/c1-12-8-17(20-11-19-12)21-14-5-3-6-15(10-14)22-18(24)13-4-2-7-16(9-13)23(25)26/h2-11H,1H3,(H,22,24)(H,19,20,21). The van der Waals surface area contributed by atoms with Gasteiger partial charge in [0.15, 0.2) is 0 Å². The predicted molar refractivity (Wildman–Crippen MR) is 97.5 cm³/mol. The molecule has 0 aliphatic heterocycles. The molecule has 26 heavy (non-hydrogen) atoms. The van der Waals surface area contributed by atoms with Gasteiger partial charge in [-0.15, -0.1) is 0 Å². The lowest BCUT2D eigenvalue weighted by Crippen LogP contribution is -2.12. The second-order valence-electron chi connectivity index (χ2n) is 5.51. The van der Waals surface area contributed by atoms with Crippen LogP contribution < -0.4 is 10.6 Å². The molecule has 1 amide bonds. The average Bonchev–Trinajstić information content (AvgIpc) is 2.62. The van der Waals surface area contributed by atoms with E-state index in [2.05, 4.69) is 20.6 Å². The van der Waals surface area contributed by atoms with Crippen molar-refractivity contribution in [1.82, 2.24) is 9.97 Å². The number of carbonyl (C=O) groups excluding carboxylic acids is 1. The molecule has 0 fully saturated rings. The van der Waals surface area contributed by atoms with E-state index in [0.717, 1.165) is 11.4 Å². The van der Waals surface area contributed by atoms with E-state index in [1.807, 2.05) is 13.0 Å². The zero-order valence-corrected chi connectivity index (χ0v) is 13.8. The Labute approximate surface area is 149 Å². The lowest BCUT2D eigenvalue weighted by molar-refractivity contribution is -0.384. The van der Waals surface area contributed by atoms with Crippen molar-refractivity contribution in [2.45, 2.75) is 6.92 Å². The number of rotatable bonds is 5. The normalized spacial score (nSPS) is 10.2. The summed E-state index contributed by atoms with van der Waals surface area (Å²) in [6.07, 6.45) is 1.46.